The third-order valence-electron chi connectivity index (χ3n) is 2.68. The van der Waals surface area contributed by atoms with Crippen molar-refractivity contribution in [2.24, 2.45) is 0 Å². The van der Waals surface area contributed by atoms with E-state index in [1.165, 1.54) is 11.3 Å². The summed E-state index contributed by atoms with van der Waals surface area (Å²) in [7, 11) is 0. The number of alkyl halides is 3. The van der Waals surface area contributed by atoms with Gasteiger partial charge in [-0.05, 0) is 12.5 Å². The van der Waals surface area contributed by atoms with Crippen LogP contribution in [0.5, 0.6) is 0 Å². The minimum absolute atomic E-state index is 0.282. The number of carbonyl (C=O) groups excluding carboxylic acids is 1. The van der Waals surface area contributed by atoms with Gasteiger partial charge < -0.3 is 4.74 Å². The van der Waals surface area contributed by atoms with E-state index in [9.17, 15) is 18.0 Å². The molecule has 2 rings (SSSR count). The van der Waals surface area contributed by atoms with E-state index in [1.54, 1.807) is 0 Å². The monoisotopic (exact) mass is 318 g/mol. The minimum Gasteiger partial charge on any atom is -0.374 e. The van der Waals surface area contributed by atoms with Crippen LogP contribution in [-0.2, 0) is 11.3 Å². The number of nitrogens with zero attached hydrogens (tertiary/aromatic N) is 2. The molecule has 0 aromatic carbocycles. The normalized spacial score (nSPS) is 12.0. The molecule has 2 heterocycles. The molecule has 4 nitrogen and oxygen atoms in total. The van der Waals surface area contributed by atoms with E-state index in [4.69, 9.17) is 4.74 Å². The molecule has 0 saturated heterocycles. The van der Waals surface area contributed by atoms with Crippen LogP contribution in [0.3, 0.4) is 0 Å². The first kappa shape index (κ1) is 15.8. The van der Waals surface area contributed by atoms with Gasteiger partial charge in [-0.25, -0.2) is 9.97 Å². The molecule has 0 saturated carbocycles. The summed E-state index contributed by atoms with van der Waals surface area (Å²) in [5, 5.41) is 0.630. The van der Waals surface area contributed by atoms with Gasteiger partial charge in [-0.1, -0.05) is 24.7 Å². The summed E-state index contributed by atoms with van der Waals surface area (Å²) < 4.78 is 42.5. The summed E-state index contributed by atoms with van der Waals surface area (Å²) in [5.74, 6) is -1.91. The molecule has 21 heavy (non-hydrogen) atoms. The van der Waals surface area contributed by atoms with Crippen molar-refractivity contribution in [2.75, 3.05) is 6.61 Å². The van der Waals surface area contributed by atoms with Crippen molar-refractivity contribution in [1.82, 2.24) is 9.97 Å². The zero-order valence-corrected chi connectivity index (χ0v) is 12.1. The van der Waals surface area contributed by atoms with Gasteiger partial charge in [0, 0.05) is 18.4 Å². The molecule has 0 aliphatic carbocycles. The van der Waals surface area contributed by atoms with Crippen LogP contribution in [0.4, 0.5) is 13.2 Å². The Morgan fingerprint density at radius 3 is 2.86 bits per heavy atom. The maximum absolute atomic E-state index is 12.4. The average molecular weight is 318 g/mol. The second-order valence-electron chi connectivity index (χ2n) is 4.39. The van der Waals surface area contributed by atoms with Gasteiger partial charge in [-0.3, -0.25) is 4.79 Å². The Morgan fingerprint density at radius 1 is 1.43 bits per heavy atom. The Labute approximate surface area is 123 Å². The van der Waals surface area contributed by atoms with Crippen LogP contribution in [0.1, 0.15) is 35.1 Å². The highest BCUT2D eigenvalue weighted by molar-refractivity contribution is 7.18. The predicted octanol–water partition coefficient (Wildman–Crippen LogP) is 3.75. The highest BCUT2D eigenvalue weighted by Gasteiger charge is 2.39. The molecule has 2 aromatic rings. The van der Waals surface area contributed by atoms with E-state index in [-0.39, 0.29) is 5.52 Å². The number of hydrogen-bond donors (Lipinski definition) is 0. The number of ketones is 1. The van der Waals surface area contributed by atoms with Crippen molar-refractivity contribution < 1.29 is 22.7 Å². The molecule has 0 bridgehead atoms. The SMILES string of the molecule is CCCCOCc1nc2cc(C(=O)C(F)(F)F)cnc2s1. The first-order chi connectivity index (χ1) is 9.91. The molecule has 114 valence electrons. The van der Waals surface area contributed by atoms with E-state index >= 15 is 0 Å². The molecule has 0 fully saturated rings. The fraction of sp³-hybridized carbons (Fsp3) is 0.462. The second-order valence-corrected chi connectivity index (χ2v) is 5.45. The third kappa shape index (κ3) is 3.98. The number of halogens is 3. The van der Waals surface area contributed by atoms with Crippen molar-refractivity contribution in [1.29, 1.82) is 0 Å². The number of pyridine rings is 1. The van der Waals surface area contributed by atoms with Crippen LogP contribution in [0.15, 0.2) is 12.3 Å². The summed E-state index contributed by atoms with van der Waals surface area (Å²) >= 11 is 1.24. The number of unbranched alkanes of at least 4 members (excludes halogenated alkanes) is 1. The van der Waals surface area contributed by atoms with Crippen molar-refractivity contribution in [3.05, 3.63) is 22.8 Å². The van der Waals surface area contributed by atoms with Gasteiger partial charge in [-0.2, -0.15) is 13.2 Å². The summed E-state index contributed by atoms with van der Waals surface area (Å²) in [6.45, 7) is 2.95. The fourth-order valence-electron chi connectivity index (χ4n) is 1.62. The van der Waals surface area contributed by atoms with Crippen LogP contribution in [0.25, 0.3) is 10.3 Å². The maximum Gasteiger partial charge on any atom is 0.454 e. The smallest absolute Gasteiger partial charge is 0.374 e. The first-order valence-electron chi connectivity index (χ1n) is 6.36. The molecular weight excluding hydrogens is 305 g/mol. The largest absolute Gasteiger partial charge is 0.454 e. The zero-order valence-electron chi connectivity index (χ0n) is 11.2. The predicted molar refractivity (Wildman–Crippen MR) is 72.4 cm³/mol. The van der Waals surface area contributed by atoms with Crippen LogP contribution in [0.2, 0.25) is 0 Å². The molecule has 8 heteroatoms. The molecule has 0 radical (unpaired) electrons. The lowest BCUT2D eigenvalue weighted by molar-refractivity contribution is -0.0885. The van der Waals surface area contributed by atoms with Crippen molar-refractivity contribution in [3.8, 4) is 0 Å². The van der Waals surface area contributed by atoms with E-state index in [0.29, 0.717) is 23.1 Å². The van der Waals surface area contributed by atoms with Gasteiger partial charge >= 0.3 is 6.18 Å². The lowest BCUT2D eigenvalue weighted by Gasteiger charge is -2.03. The van der Waals surface area contributed by atoms with Gasteiger partial charge in [0.15, 0.2) is 0 Å². The van der Waals surface area contributed by atoms with Crippen LogP contribution in [0, 0.1) is 0 Å². The molecular formula is C13H13F3N2O2S. The third-order valence-corrected chi connectivity index (χ3v) is 3.63. The quantitative estimate of drug-likeness (QED) is 0.601. The molecule has 0 N–H and O–H groups in total. The van der Waals surface area contributed by atoms with Crippen LogP contribution >= 0.6 is 11.3 Å². The lowest BCUT2D eigenvalue weighted by atomic mass is 10.2. The molecule has 0 aliphatic rings. The second kappa shape index (κ2) is 6.48. The molecule has 0 aliphatic heterocycles. The number of Topliss-reactive ketones (excluding diaryl/α,β-unsaturated/α-hetero) is 1. The van der Waals surface area contributed by atoms with Gasteiger partial charge in [0.2, 0.25) is 0 Å². The van der Waals surface area contributed by atoms with Crippen molar-refractivity contribution in [2.45, 2.75) is 32.5 Å². The van der Waals surface area contributed by atoms with Crippen molar-refractivity contribution >= 4 is 27.5 Å². The summed E-state index contributed by atoms with van der Waals surface area (Å²) in [5.41, 5.74) is -0.219. The van der Waals surface area contributed by atoms with Crippen molar-refractivity contribution in [3.63, 3.8) is 0 Å². The van der Waals surface area contributed by atoms with Crippen LogP contribution in [-0.4, -0.2) is 28.5 Å². The number of fused-ring (bicyclic) bond motifs is 1. The number of ether oxygens (including phenoxy) is 1. The number of carbonyl (C=O) groups is 1. The van der Waals surface area contributed by atoms with Gasteiger partial charge in [-0.15, -0.1) is 0 Å². The van der Waals surface area contributed by atoms with E-state index in [0.717, 1.165) is 25.1 Å². The van der Waals surface area contributed by atoms with Gasteiger partial charge in [0.25, 0.3) is 5.78 Å². The zero-order chi connectivity index (χ0) is 15.5. The summed E-state index contributed by atoms with van der Waals surface area (Å²) in [6.07, 6.45) is -2.02. The van der Waals surface area contributed by atoms with Gasteiger partial charge in [0.05, 0.1) is 6.61 Å². The fourth-order valence-corrected chi connectivity index (χ4v) is 2.45. The highest BCUT2D eigenvalue weighted by atomic mass is 32.1. The standard InChI is InChI=1S/C13H13F3N2O2S/c1-2-3-4-20-7-10-18-9-5-8(6-17-12(9)21-10)11(19)13(14,15)16/h5-6H,2-4,7H2,1H3. The van der Waals surface area contributed by atoms with E-state index in [1.807, 2.05) is 6.92 Å². The number of hydrogen-bond acceptors (Lipinski definition) is 5. The van der Waals surface area contributed by atoms with Gasteiger partial charge in [0.1, 0.15) is 15.4 Å². The highest BCUT2D eigenvalue weighted by Crippen LogP contribution is 2.25. The average Bonchev–Trinajstić information content (AvgIpc) is 2.83. The molecule has 0 atom stereocenters. The lowest BCUT2D eigenvalue weighted by Crippen LogP contribution is -2.22. The minimum atomic E-state index is -4.91. The Kier molecular flexibility index (Phi) is 4.89. The van der Waals surface area contributed by atoms with E-state index in [2.05, 4.69) is 9.97 Å². The summed E-state index contributed by atoms with van der Waals surface area (Å²) in [4.78, 5) is 19.6. The molecule has 0 spiro atoms. The maximum atomic E-state index is 12.4. The topological polar surface area (TPSA) is 52.1 Å². The number of rotatable bonds is 6. The molecule has 0 amide bonds. The Hall–Kier alpha value is -1.54. The molecule has 0 unspecified atom stereocenters. The number of thiazole rings is 1. The summed E-state index contributed by atoms with van der Waals surface area (Å²) in [6, 6.07) is 1.12. The Morgan fingerprint density at radius 2 is 2.19 bits per heavy atom. The van der Waals surface area contributed by atoms with E-state index < -0.39 is 17.5 Å². The van der Waals surface area contributed by atoms with Crippen LogP contribution < -0.4 is 0 Å². The number of aromatic nitrogens is 2. The Bertz CT molecular complexity index is 640. The first-order valence-corrected chi connectivity index (χ1v) is 7.18. The Balaban J connectivity index is 2.15. The molecule has 2 aromatic heterocycles.